The van der Waals surface area contributed by atoms with Gasteiger partial charge in [-0.05, 0) is 18.6 Å². The predicted octanol–water partition coefficient (Wildman–Crippen LogP) is 2.50. The van der Waals surface area contributed by atoms with E-state index in [-0.39, 0.29) is 5.91 Å². The fraction of sp³-hybridized carbons (Fsp3) is 0.188. The van der Waals surface area contributed by atoms with Crippen LogP contribution in [0.5, 0.6) is 0 Å². The van der Waals surface area contributed by atoms with Crippen LogP contribution in [0.1, 0.15) is 22.3 Å². The molecular formula is C16H16N2O3S. The molecule has 1 aromatic heterocycles. The van der Waals surface area contributed by atoms with Gasteiger partial charge in [-0.25, -0.2) is 9.78 Å². The van der Waals surface area contributed by atoms with E-state index in [1.807, 2.05) is 18.4 Å². The van der Waals surface area contributed by atoms with Crippen molar-refractivity contribution in [3.8, 4) is 0 Å². The molecule has 22 heavy (non-hydrogen) atoms. The van der Waals surface area contributed by atoms with E-state index >= 15 is 0 Å². The molecule has 0 radical (unpaired) electrons. The van der Waals surface area contributed by atoms with Crippen LogP contribution in [0.25, 0.3) is 6.08 Å². The molecule has 1 atom stereocenters. The lowest BCUT2D eigenvalue weighted by atomic mass is 10.1. The van der Waals surface area contributed by atoms with Gasteiger partial charge in [-0.1, -0.05) is 30.3 Å². The summed E-state index contributed by atoms with van der Waals surface area (Å²) in [5, 5.41) is 5.42. The number of hydrogen-bond donors (Lipinski definition) is 1. The van der Waals surface area contributed by atoms with Crippen molar-refractivity contribution in [1.29, 1.82) is 0 Å². The first-order valence-corrected chi connectivity index (χ1v) is 7.51. The maximum atomic E-state index is 12.0. The van der Waals surface area contributed by atoms with Gasteiger partial charge in [0.2, 0.25) is 5.91 Å². The lowest BCUT2D eigenvalue weighted by Gasteiger charge is -2.15. The normalized spacial score (nSPS) is 12.1. The molecule has 0 aliphatic rings. The highest BCUT2D eigenvalue weighted by Gasteiger charge is 2.22. The third-order valence-electron chi connectivity index (χ3n) is 2.90. The minimum absolute atomic E-state index is 0.384. The number of ether oxygens (including phenoxy) is 1. The summed E-state index contributed by atoms with van der Waals surface area (Å²) < 4.78 is 4.75. The van der Waals surface area contributed by atoms with Crippen molar-refractivity contribution < 1.29 is 14.3 Å². The van der Waals surface area contributed by atoms with Gasteiger partial charge in [0.05, 0.1) is 17.8 Å². The number of aryl methyl sites for hydroxylation is 1. The van der Waals surface area contributed by atoms with Crippen LogP contribution in [0.3, 0.4) is 0 Å². The van der Waals surface area contributed by atoms with E-state index in [1.165, 1.54) is 24.5 Å². The first-order chi connectivity index (χ1) is 10.6. The Labute approximate surface area is 132 Å². The van der Waals surface area contributed by atoms with Gasteiger partial charge in [-0.2, -0.15) is 0 Å². The van der Waals surface area contributed by atoms with Gasteiger partial charge in [0, 0.05) is 11.5 Å². The second-order valence-electron chi connectivity index (χ2n) is 4.50. The minimum atomic E-state index is -0.833. The fourth-order valence-electron chi connectivity index (χ4n) is 1.85. The molecule has 5 nitrogen and oxygen atoms in total. The third kappa shape index (κ3) is 4.26. The van der Waals surface area contributed by atoms with E-state index in [4.69, 9.17) is 4.74 Å². The Bertz CT molecular complexity index is 680. The summed E-state index contributed by atoms with van der Waals surface area (Å²) in [6, 6.07) is 8.12. The number of nitrogens with one attached hydrogen (secondary N) is 1. The number of benzene rings is 1. The Hall–Kier alpha value is -2.47. The third-order valence-corrected chi connectivity index (χ3v) is 3.69. The van der Waals surface area contributed by atoms with E-state index in [1.54, 1.807) is 30.3 Å². The summed E-state index contributed by atoms with van der Waals surface area (Å²) in [5.74, 6) is -0.901. The van der Waals surface area contributed by atoms with Crippen LogP contribution in [0.2, 0.25) is 0 Å². The number of hydrogen-bond acceptors (Lipinski definition) is 5. The number of aromatic nitrogens is 1. The number of methoxy groups -OCH3 is 1. The van der Waals surface area contributed by atoms with Gasteiger partial charge in [0.15, 0.2) is 6.04 Å². The summed E-state index contributed by atoms with van der Waals surface area (Å²) in [6.45, 7) is 1.89. The van der Waals surface area contributed by atoms with Crippen LogP contribution in [-0.4, -0.2) is 24.0 Å². The Kier molecular flexibility index (Phi) is 5.43. The van der Waals surface area contributed by atoms with Crippen LogP contribution >= 0.6 is 11.3 Å². The molecule has 1 amide bonds. The number of esters is 1. The molecular weight excluding hydrogens is 300 g/mol. The molecule has 114 valence electrons. The predicted molar refractivity (Wildman–Crippen MR) is 85.2 cm³/mol. The summed E-state index contributed by atoms with van der Waals surface area (Å²) in [7, 11) is 1.29. The number of carbonyl (C=O) groups is 2. The zero-order chi connectivity index (χ0) is 15.9. The lowest BCUT2D eigenvalue weighted by Crippen LogP contribution is -2.33. The molecule has 2 aromatic rings. The average molecular weight is 316 g/mol. The topological polar surface area (TPSA) is 68.3 Å². The SMILES string of the molecule is COC(=O)[C@@H](NC(=O)/C=C\c1csc(C)n1)c1ccccc1. The summed E-state index contributed by atoms with van der Waals surface area (Å²) in [5.41, 5.74) is 1.38. The van der Waals surface area contributed by atoms with Gasteiger partial charge in [-0.3, -0.25) is 4.79 Å². The summed E-state index contributed by atoms with van der Waals surface area (Å²) in [4.78, 5) is 28.1. The van der Waals surface area contributed by atoms with Crippen molar-refractivity contribution in [2.45, 2.75) is 13.0 Å². The van der Waals surface area contributed by atoms with Crippen molar-refractivity contribution in [1.82, 2.24) is 10.3 Å². The van der Waals surface area contributed by atoms with Gasteiger partial charge in [-0.15, -0.1) is 11.3 Å². The molecule has 0 unspecified atom stereocenters. The zero-order valence-electron chi connectivity index (χ0n) is 12.3. The largest absolute Gasteiger partial charge is 0.467 e. The van der Waals surface area contributed by atoms with Crippen LogP contribution in [0.4, 0.5) is 0 Å². The zero-order valence-corrected chi connectivity index (χ0v) is 13.1. The summed E-state index contributed by atoms with van der Waals surface area (Å²) >= 11 is 1.51. The number of carbonyl (C=O) groups excluding carboxylic acids is 2. The van der Waals surface area contributed by atoms with E-state index in [0.29, 0.717) is 11.3 Å². The molecule has 0 aliphatic heterocycles. The minimum Gasteiger partial charge on any atom is -0.467 e. The molecule has 0 aliphatic carbocycles. The first-order valence-electron chi connectivity index (χ1n) is 6.63. The van der Waals surface area contributed by atoms with E-state index in [9.17, 15) is 9.59 Å². The van der Waals surface area contributed by atoms with Crippen molar-refractivity contribution in [2.75, 3.05) is 7.11 Å². The van der Waals surface area contributed by atoms with Crippen molar-refractivity contribution in [3.05, 3.63) is 58.1 Å². The maximum absolute atomic E-state index is 12.0. The van der Waals surface area contributed by atoms with E-state index in [0.717, 1.165) is 5.01 Å². The molecule has 0 fully saturated rings. The number of nitrogens with zero attached hydrogens (tertiary/aromatic N) is 1. The second kappa shape index (κ2) is 7.51. The Morgan fingerprint density at radius 1 is 1.32 bits per heavy atom. The number of rotatable bonds is 5. The molecule has 1 heterocycles. The standard InChI is InChI=1S/C16H16N2O3S/c1-11-17-13(10-22-11)8-9-14(19)18-15(16(20)21-2)12-6-4-3-5-7-12/h3-10,15H,1-2H3,(H,18,19)/b9-8-/t15-/m0/s1. The quantitative estimate of drug-likeness (QED) is 0.680. The monoisotopic (exact) mass is 316 g/mol. The number of amides is 1. The molecule has 2 rings (SSSR count). The molecule has 1 aromatic carbocycles. The van der Waals surface area contributed by atoms with Crippen molar-refractivity contribution in [2.24, 2.45) is 0 Å². The highest BCUT2D eigenvalue weighted by Crippen LogP contribution is 2.14. The van der Waals surface area contributed by atoms with Gasteiger partial charge in [0.1, 0.15) is 0 Å². The van der Waals surface area contributed by atoms with Crippen LogP contribution in [0.15, 0.2) is 41.8 Å². The smallest absolute Gasteiger partial charge is 0.333 e. The second-order valence-corrected chi connectivity index (χ2v) is 5.56. The van der Waals surface area contributed by atoms with Crippen molar-refractivity contribution in [3.63, 3.8) is 0 Å². The van der Waals surface area contributed by atoms with Crippen LogP contribution < -0.4 is 5.32 Å². The van der Waals surface area contributed by atoms with Gasteiger partial charge >= 0.3 is 5.97 Å². The summed E-state index contributed by atoms with van der Waals surface area (Å²) in [6.07, 6.45) is 2.96. The maximum Gasteiger partial charge on any atom is 0.333 e. The molecule has 0 spiro atoms. The average Bonchev–Trinajstić information content (AvgIpc) is 2.96. The highest BCUT2D eigenvalue weighted by atomic mass is 32.1. The fourth-order valence-corrected chi connectivity index (χ4v) is 2.43. The van der Waals surface area contributed by atoms with Crippen molar-refractivity contribution >= 4 is 29.3 Å². The number of thiazole rings is 1. The molecule has 0 bridgehead atoms. The molecule has 0 saturated heterocycles. The first kappa shape index (κ1) is 15.9. The molecule has 0 saturated carbocycles. The Morgan fingerprint density at radius 2 is 2.05 bits per heavy atom. The molecule has 6 heteroatoms. The van der Waals surface area contributed by atoms with Crippen LogP contribution in [0, 0.1) is 6.92 Å². The van der Waals surface area contributed by atoms with E-state index in [2.05, 4.69) is 10.3 Å². The van der Waals surface area contributed by atoms with Crippen LogP contribution in [-0.2, 0) is 14.3 Å². The van der Waals surface area contributed by atoms with Gasteiger partial charge in [0.25, 0.3) is 0 Å². The molecule has 1 N–H and O–H groups in total. The lowest BCUT2D eigenvalue weighted by molar-refractivity contribution is -0.144. The Balaban J connectivity index is 2.08. The van der Waals surface area contributed by atoms with E-state index < -0.39 is 12.0 Å². The Morgan fingerprint density at radius 3 is 2.64 bits per heavy atom. The highest BCUT2D eigenvalue weighted by molar-refractivity contribution is 7.09. The van der Waals surface area contributed by atoms with Gasteiger partial charge < -0.3 is 10.1 Å².